The van der Waals surface area contributed by atoms with Gasteiger partial charge in [-0.05, 0) is 29.8 Å². The molecule has 1 saturated heterocycles. The van der Waals surface area contributed by atoms with E-state index in [-0.39, 0.29) is 30.1 Å². The van der Waals surface area contributed by atoms with Crippen molar-refractivity contribution in [1.29, 1.82) is 0 Å². The Balaban J connectivity index is 1.58. The van der Waals surface area contributed by atoms with Crippen molar-refractivity contribution in [1.82, 2.24) is 0 Å². The second-order valence-electron chi connectivity index (χ2n) is 5.61. The van der Waals surface area contributed by atoms with Crippen molar-refractivity contribution in [2.45, 2.75) is 18.9 Å². The van der Waals surface area contributed by atoms with E-state index in [1.807, 2.05) is 23.5 Å². The van der Waals surface area contributed by atoms with Gasteiger partial charge in [-0.25, -0.2) is 9.29 Å². The summed E-state index contributed by atoms with van der Waals surface area (Å²) < 4.78 is 12.9. The van der Waals surface area contributed by atoms with E-state index >= 15 is 0 Å². The number of carbonyl (C=O) groups is 2. The molecule has 1 heterocycles. The fourth-order valence-electron chi connectivity index (χ4n) is 2.79. The minimum atomic E-state index is -0.372. The van der Waals surface area contributed by atoms with E-state index in [4.69, 9.17) is 0 Å². The molecule has 0 aliphatic carbocycles. The van der Waals surface area contributed by atoms with Gasteiger partial charge in [0.25, 0.3) is 5.91 Å². The first-order valence-electron chi connectivity index (χ1n) is 7.65. The average Bonchev–Trinajstić information content (AvgIpc) is 2.84. The van der Waals surface area contributed by atoms with Crippen LogP contribution in [0.3, 0.4) is 0 Å². The predicted octanol–water partition coefficient (Wildman–Crippen LogP) is 1.26. The van der Waals surface area contributed by atoms with E-state index in [0.717, 1.165) is 12.0 Å². The molecule has 1 aliphatic rings. The van der Waals surface area contributed by atoms with Gasteiger partial charge in [0.05, 0.1) is 18.7 Å². The van der Waals surface area contributed by atoms with Crippen molar-refractivity contribution in [2.24, 2.45) is 0 Å². The van der Waals surface area contributed by atoms with Gasteiger partial charge in [-0.2, -0.15) is 0 Å². The summed E-state index contributed by atoms with van der Waals surface area (Å²) in [5.41, 5.74) is 1.64. The zero-order chi connectivity index (χ0) is 16.2. The Morgan fingerprint density at radius 3 is 2.43 bits per heavy atom. The molecule has 1 atom stereocenters. The summed E-state index contributed by atoms with van der Waals surface area (Å²) in [6.07, 6.45) is 0.945. The van der Waals surface area contributed by atoms with Crippen LogP contribution in [0.1, 0.15) is 12.0 Å². The quantitative estimate of drug-likeness (QED) is 0.845. The van der Waals surface area contributed by atoms with Crippen LogP contribution in [0.2, 0.25) is 0 Å². The van der Waals surface area contributed by atoms with Gasteiger partial charge in [-0.3, -0.25) is 9.59 Å². The second-order valence-corrected chi connectivity index (χ2v) is 5.61. The third kappa shape index (κ3) is 3.46. The number of nitrogens with zero attached hydrogens (tertiary/aromatic N) is 1. The monoisotopic (exact) mass is 313 g/mol. The van der Waals surface area contributed by atoms with Crippen molar-refractivity contribution in [2.75, 3.05) is 11.4 Å². The van der Waals surface area contributed by atoms with Crippen LogP contribution in [-0.4, -0.2) is 24.4 Å². The molecule has 2 N–H and O–H groups in total. The van der Waals surface area contributed by atoms with Crippen LogP contribution in [0.5, 0.6) is 0 Å². The van der Waals surface area contributed by atoms with E-state index in [1.165, 1.54) is 17.0 Å². The minimum Gasteiger partial charge on any atom is -0.335 e. The summed E-state index contributed by atoms with van der Waals surface area (Å²) in [6, 6.07) is 14.9. The number of para-hydroxylation sites is 1. The maximum absolute atomic E-state index is 12.9. The number of hydrogen-bond acceptors (Lipinski definition) is 2. The van der Waals surface area contributed by atoms with E-state index in [2.05, 4.69) is 0 Å². The van der Waals surface area contributed by atoms with E-state index in [9.17, 15) is 14.0 Å². The highest BCUT2D eigenvalue weighted by Crippen LogP contribution is 2.20. The van der Waals surface area contributed by atoms with E-state index < -0.39 is 0 Å². The largest absolute Gasteiger partial charge is 0.335 e. The first-order valence-corrected chi connectivity index (χ1v) is 7.65. The third-order valence-corrected chi connectivity index (χ3v) is 3.99. The van der Waals surface area contributed by atoms with Crippen LogP contribution in [0.15, 0.2) is 54.6 Å². The topological polar surface area (TPSA) is 54.0 Å². The Bertz CT molecular complexity index is 701. The molecule has 118 valence electrons. The number of carbonyl (C=O) groups excluding carboxylic acids is 2. The molecule has 5 heteroatoms. The molecule has 3 rings (SSSR count). The molecule has 23 heavy (non-hydrogen) atoms. The molecule has 4 nitrogen and oxygen atoms in total. The second kappa shape index (κ2) is 6.71. The number of rotatable bonds is 5. The zero-order valence-corrected chi connectivity index (χ0v) is 12.6. The maximum atomic E-state index is 12.9. The number of anilines is 1. The summed E-state index contributed by atoms with van der Waals surface area (Å²) in [7, 11) is 0. The van der Waals surface area contributed by atoms with Gasteiger partial charge < -0.3 is 5.32 Å². The minimum absolute atomic E-state index is 0.163. The van der Waals surface area contributed by atoms with Crippen LogP contribution in [-0.2, 0) is 16.0 Å². The lowest BCUT2D eigenvalue weighted by Gasteiger charge is -2.13. The third-order valence-electron chi connectivity index (χ3n) is 3.99. The van der Waals surface area contributed by atoms with Gasteiger partial charge in [0.15, 0.2) is 6.04 Å². The van der Waals surface area contributed by atoms with Crippen molar-refractivity contribution in [3.63, 3.8) is 0 Å². The normalized spacial score (nSPS) is 17.8. The molecule has 0 unspecified atom stereocenters. The van der Waals surface area contributed by atoms with Crippen LogP contribution < -0.4 is 10.2 Å². The van der Waals surface area contributed by atoms with Crippen LogP contribution >= 0.6 is 0 Å². The Labute approximate surface area is 133 Å². The smallest absolute Gasteiger partial charge is 0.292 e. The average molecular weight is 313 g/mol. The van der Waals surface area contributed by atoms with E-state index in [1.54, 1.807) is 24.3 Å². The highest BCUT2D eigenvalue weighted by Gasteiger charge is 2.41. The summed E-state index contributed by atoms with van der Waals surface area (Å²) in [5.74, 6) is -0.586. The SMILES string of the molecule is O=C1C[C@@H]([NH2+]CCc2ccc(F)cc2)C(=O)N1c1ccccc1. The summed E-state index contributed by atoms with van der Waals surface area (Å²) >= 11 is 0. The molecule has 0 spiro atoms. The molecule has 0 radical (unpaired) electrons. The molecule has 1 fully saturated rings. The molecule has 2 aromatic carbocycles. The van der Waals surface area contributed by atoms with Gasteiger partial charge >= 0.3 is 0 Å². The first-order chi connectivity index (χ1) is 11.1. The molecule has 0 saturated carbocycles. The van der Waals surface area contributed by atoms with Crippen LogP contribution in [0.25, 0.3) is 0 Å². The predicted molar refractivity (Wildman–Crippen MR) is 84.2 cm³/mol. The molecule has 0 bridgehead atoms. The van der Waals surface area contributed by atoms with Crippen LogP contribution in [0.4, 0.5) is 10.1 Å². The fraction of sp³-hybridized carbons (Fsp3) is 0.222. The number of amides is 2. The summed E-state index contributed by atoms with van der Waals surface area (Å²) in [6.45, 7) is 0.679. The Morgan fingerprint density at radius 1 is 1.04 bits per heavy atom. The van der Waals surface area contributed by atoms with Crippen molar-refractivity contribution < 1.29 is 19.3 Å². The molecule has 2 amide bonds. The molecule has 0 aromatic heterocycles. The summed E-state index contributed by atoms with van der Waals surface area (Å²) in [4.78, 5) is 25.8. The number of hydrogen-bond donors (Lipinski definition) is 1. The fourth-order valence-corrected chi connectivity index (χ4v) is 2.79. The standard InChI is InChI=1S/C18H17FN2O2/c19-14-8-6-13(7-9-14)10-11-20-16-12-17(22)21(18(16)23)15-4-2-1-3-5-15/h1-9,16,20H,10-12H2/p+1/t16-/m1/s1. The first kappa shape index (κ1) is 15.4. The summed E-state index contributed by atoms with van der Waals surface area (Å²) in [5, 5.41) is 1.90. The van der Waals surface area contributed by atoms with Gasteiger partial charge in [-0.1, -0.05) is 30.3 Å². The Hall–Kier alpha value is -2.53. The lowest BCUT2D eigenvalue weighted by Crippen LogP contribution is -2.92. The van der Waals surface area contributed by atoms with Crippen molar-refractivity contribution in [3.8, 4) is 0 Å². The van der Waals surface area contributed by atoms with Gasteiger partial charge in [0.2, 0.25) is 5.91 Å². The number of halogens is 1. The highest BCUT2D eigenvalue weighted by atomic mass is 19.1. The number of imide groups is 1. The lowest BCUT2D eigenvalue weighted by molar-refractivity contribution is -0.674. The maximum Gasteiger partial charge on any atom is 0.292 e. The molecule has 2 aromatic rings. The Kier molecular flexibility index (Phi) is 4.48. The van der Waals surface area contributed by atoms with Crippen molar-refractivity contribution >= 4 is 17.5 Å². The van der Waals surface area contributed by atoms with E-state index in [0.29, 0.717) is 12.2 Å². The number of nitrogens with two attached hydrogens (primary N) is 1. The number of quaternary nitrogens is 1. The molecular formula is C18H18FN2O2+. The zero-order valence-electron chi connectivity index (χ0n) is 12.6. The highest BCUT2D eigenvalue weighted by molar-refractivity contribution is 6.21. The van der Waals surface area contributed by atoms with Gasteiger partial charge in [0, 0.05) is 6.42 Å². The molecular weight excluding hydrogens is 295 g/mol. The van der Waals surface area contributed by atoms with Crippen molar-refractivity contribution in [3.05, 3.63) is 66.0 Å². The van der Waals surface area contributed by atoms with Crippen LogP contribution in [0, 0.1) is 5.82 Å². The molecule has 1 aliphatic heterocycles. The lowest BCUT2D eigenvalue weighted by atomic mass is 10.1. The van der Waals surface area contributed by atoms with Gasteiger partial charge in [0.1, 0.15) is 5.82 Å². The Morgan fingerprint density at radius 2 is 1.74 bits per heavy atom. The number of benzene rings is 2. The van der Waals surface area contributed by atoms with Gasteiger partial charge in [-0.15, -0.1) is 0 Å².